The molecule has 130 valence electrons. The van der Waals surface area contributed by atoms with Gasteiger partial charge in [-0.1, -0.05) is 26.2 Å². The van der Waals surface area contributed by atoms with Gasteiger partial charge in [-0.05, 0) is 25.2 Å². The number of amides is 3. The van der Waals surface area contributed by atoms with Crippen molar-refractivity contribution >= 4 is 17.9 Å². The summed E-state index contributed by atoms with van der Waals surface area (Å²) in [5.41, 5.74) is 0. The monoisotopic (exact) mass is 325 g/mol. The van der Waals surface area contributed by atoms with Crippen LogP contribution in [0.4, 0.5) is 4.79 Å². The predicted molar refractivity (Wildman–Crippen MR) is 84.9 cm³/mol. The normalized spacial score (nSPS) is 25.7. The number of urea groups is 1. The highest BCUT2D eigenvalue weighted by Crippen LogP contribution is 2.21. The lowest BCUT2D eigenvalue weighted by Gasteiger charge is -2.34. The average molecular weight is 325 g/mol. The number of carboxylic acids is 1. The van der Waals surface area contributed by atoms with Crippen LogP contribution in [0.5, 0.6) is 0 Å². The van der Waals surface area contributed by atoms with E-state index < -0.39 is 11.9 Å². The summed E-state index contributed by atoms with van der Waals surface area (Å²) in [7, 11) is 0. The van der Waals surface area contributed by atoms with Gasteiger partial charge >= 0.3 is 12.0 Å². The van der Waals surface area contributed by atoms with Gasteiger partial charge in [0.05, 0.1) is 12.5 Å². The molecule has 0 aromatic heterocycles. The van der Waals surface area contributed by atoms with Gasteiger partial charge in [0.15, 0.2) is 0 Å². The van der Waals surface area contributed by atoms with E-state index in [1.165, 1.54) is 6.42 Å². The molecule has 23 heavy (non-hydrogen) atoms. The largest absolute Gasteiger partial charge is 0.481 e. The van der Waals surface area contributed by atoms with Crippen LogP contribution in [-0.4, -0.2) is 53.6 Å². The number of hydrogen-bond acceptors (Lipinski definition) is 3. The molecule has 3 amide bonds. The Morgan fingerprint density at radius 1 is 1.13 bits per heavy atom. The fourth-order valence-corrected chi connectivity index (χ4v) is 3.49. The van der Waals surface area contributed by atoms with Crippen LogP contribution in [0.2, 0.25) is 0 Å². The Hall–Kier alpha value is -1.79. The van der Waals surface area contributed by atoms with Crippen LogP contribution >= 0.6 is 0 Å². The molecule has 0 spiro atoms. The number of hydrogen-bond donors (Lipinski definition) is 3. The quantitative estimate of drug-likeness (QED) is 0.723. The van der Waals surface area contributed by atoms with Gasteiger partial charge < -0.3 is 20.6 Å². The lowest BCUT2D eigenvalue weighted by atomic mass is 9.90. The summed E-state index contributed by atoms with van der Waals surface area (Å²) in [5, 5.41) is 14.6. The van der Waals surface area contributed by atoms with Crippen LogP contribution in [0.15, 0.2) is 0 Å². The maximum atomic E-state index is 12.2. The summed E-state index contributed by atoms with van der Waals surface area (Å²) in [5.74, 6) is -1.44. The van der Waals surface area contributed by atoms with E-state index in [0.29, 0.717) is 13.0 Å². The van der Waals surface area contributed by atoms with Crippen LogP contribution in [0.1, 0.15) is 45.4 Å². The van der Waals surface area contributed by atoms with Crippen LogP contribution in [0, 0.1) is 11.8 Å². The summed E-state index contributed by atoms with van der Waals surface area (Å²) in [4.78, 5) is 36.7. The third kappa shape index (κ3) is 5.41. The maximum absolute atomic E-state index is 12.2. The fraction of sp³-hybridized carbons (Fsp3) is 0.812. The van der Waals surface area contributed by atoms with E-state index >= 15 is 0 Å². The van der Waals surface area contributed by atoms with Gasteiger partial charge in [-0.3, -0.25) is 9.59 Å². The van der Waals surface area contributed by atoms with Crippen molar-refractivity contribution in [2.45, 2.75) is 51.5 Å². The first kappa shape index (κ1) is 17.6. The van der Waals surface area contributed by atoms with Gasteiger partial charge in [0, 0.05) is 19.1 Å². The molecule has 1 aliphatic carbocycles. The Kier molecular flexibility index (Phi) is 6.24. The molecule has 2 unspecified atom stereocenters. The van der Waals surface area contributed by atoms with Gasteiger partial charge in [0.2, 0.25) is 5.91 Å². The number of carbonyl (C=O) groups is 3. The van der Waals surface area contributed by atoms with E-state index in [0.717, 1.165) is 25.7 Å². The van der Waals surface area contributed by atoms with Crippen molar-refractivity contribution in [1.29, 1.82) is 0 Å². The number of rotatable bonds is 4. The van der Waals surface area contributed by atoms with E-state index in [9.17, 15) is 14.4 Å². The molecule has 0 aromatic rings. The highest BCUT2D eigenvalue weighted by atomic mass is 16.4. The molecule has 2 aliphatic rings. The van der Waals surface area contributed by atoms with E-state index in [1.54, 1.807) is 4.90 Å². The zero-order valence-electron chi connectivity index (χ0n) is 13.7. The van der Waals surface area contributed by atoms with Crippen LogP contribution < -0.4 is 10.6 Å². The van der Waals surface area contributed by atoms with Crippen molar-refractivity contribution in [3.63, 3.8) is 0 Å². The lowest BCUT2D eigenvalue weighted by molar-refractivity contribution is -0.146. The number of likely N-dealkylation sites (tertiary alicyclic amines) is 1. The first-order valence-electron chi connectivity index (χ1n) is 8.50. The Bertz CT molecular complexity index is 449. The molecule has 1 aliphatic heterocycles. The van der Waals surface area contributed by atoms with Gasteiger partial charge in [-0.15, -0.1) is 0 Å². The standard InChI is InChI=1S/C16H27N3O4/c1-11-7-12(15(21)22)10-19(9-11)14(20)8-17-16(23)18-13-5-3-2-4-6-13/h11-13H,2-10H2,1H3,(H,21,22)(H2,17,18,23). The SMILES string of the molecule is CC1CC(C(=O)O)CN(C(=O)CNC(=O)NC2CCCCC2)C1. The van der Waals surface area contributed by atoms with Crippen molar-refractivity contribution in [1.82, 2.24) is 15.5 Å². The minimum Gasteiger partial charge on any atom is -0.481 e. The fourth-order valence-electron chi connectivity index (χ4n) is 3.49. The second kappa shape index (κ2) is 8.17. The maximum Gasteiger partial charge on any atom is 0.315 e. The molecule has 2 fully saturated rings. The lowest BCUT2D eigenvalue weighted by Crippen LogP contribution is -2.51. The molecule has 1 heterocycles. The number of carboxylic acid groups (broad SMARTS) is 1. The van der Waals surface area contributed by atoms with Crippen molar-refractivity contribution in [2.75, 3.05) is 19.6 Å². The van der Waals surface area contributed by atoms with Crippen molar-refractivity contribution in [3.05, 3.63) is 0 Å². The van der Waals surface area contributed by atoms with E-state index in [4.69, 9.17) is 5.11 Å². The van der Waals surface area contributed by atoms with Gasteiger partial charge in [0.1, 0.15) is 0 Å². The zero-order valence-corrected chi connectivity index (χ0v) is 13.7. The Balaban J connectivity index is 1.74. The number of nitrogens with zero attached hydrogens (tertiary/aromatic N) is 1. The summed E-state index contributed by atoms with van der Waals surface area (Å²) in [6, 6.07) is -0.115. The minimum absolute atomic E-state index is 0.0857. The first-order chi connectivity index (χ1) is 11.0. The third-order valence-corrected chi connectivity index (χ3v) is 4.70. The molecule has 2 atom stereocenters. The Morgan fingerprint density at radius 2 is 1.83 bits per heavy atom. The topological polar surface area (TPSA) is 98.7 Å². The van der Waals surface area contributed by atoms with E-state index in [2.05, 4.69) is 10.6 Å². The molecule has 1 saturated carbocycles. The molecule has 1 saturated heterocycles. The number of carbonyl (C=O) groups excluding carboxylic acids is 2. The second-order valence-electron chi connectivity index (χ2n) is 6.84. The second-order valence-corrected chi connectivity index (χ2v) is 6.84. The van der Waals surface area contributed by atoms with Crippen LogP contribution in [0.25, 0.3) is 0 Å². The molecule has 0 bridgehead atoms. The predicted octanol–water partition coefficient (Wildman–Crippen LogP) is 1.19. The molecule has 2 rings (SSSR count). The Labute approximate surface area is 136 Å². The number of aliphatic carboxylic acids is 1. The van der Waals surface area contributed by atoms with Crippen LogP contribution in [0.3, 0.4) is 0 Å². The van der Waals surface area contributed by atoms with Gasteiger partial charge in [0.25, 0.3) is 0 Å². The summed E-state index contributed by atoms with van der Waals surface area (Å²) >= 11 is 0. The highest BCUT2D eigenvalue weighted by Gasteiger charge is 2.31. The highest BCUT2D eigenvalue weighted by molar-refractivity contribution is 5.84. The summed E-state index contributed by atoms with van der Waals surface area (Å²) in [6.07, 6.45) is 6.06. The molecular weight excluding hydrogens is 298 g/mol. The molecular formula is C16H27N3O4. The molecule has 7 heteroatoms. The number of nitrogens with one attached hydrogen (secondary N) is 2. The van der Waals surface area contributed by atoms with E-state index in [-0.39, 0.29) is 37.0 Å². The molecule has 7 nitrogen and oxygen atoms in total. The molecule has 3 N–H and O–H groups in total. The average Bonchev–Trinajstić information content (AvgIpc) is 2.53. The zero-order chi connectivity index (χ0) is 16.8. The van der Waals surface area contributed by atoms with Crippen molar-refractivity contribution in [3.8, 4) is 0 Å². The van der Waals surface area contributed by atoms with E-state index in [1.807, 2.05) is 6.92 Å². The minimum atomic E-state index is -0.864. The van der Waals surface area contributed by atoms with Crippen molar-refractivity contribution in [2.24, 2.45) is 11.8 Å². The van der Waals surface area contributed by atoms with Gasteiger partial charge in [-0.2, -0.15) is 0 Å². The molecule has 0 aromatic carbocycles. The van der Waals surface area contributed by atoms with Gasteiger partial charge in [-0.25, -0.2) is 4.79 Å². The third-order valence-electron chi connectivity index (χ3n) is 4.70. The molecule has 0 radical (unpaired) electrons. The number of piperidine rings is 1. The Morgan fingerprint density at radius 3 is 2.48 bits per heavy atom. The summed E-state index contributed by atoms with van der Waals surface area (Å²) < 4.78 is 0. The summed E-state index contributed by atoms with van der Waals surface area (Å²) in [6.45, 7) is 2.63. The first-order valence-corrected chi connectivity index (χ1v) is 8.50. The van der Waals surface area contributed by atoms with Crippen LogP contribution in [-0.2, 0) is 9.59 Å². The van der Waals surface area contributed by atoms with Crippen molar-refractivity contribution < 1.29 is 19.5 Å². The smallest absolute Gasteiger partial charge is 0.315 e.